The third-order valence-electron chi connectivity index (χ3n) is 5.71. The summed E-state index contributed by atoms with van der Waals surface area (Å²) in [6.45, 7) is 0.258. The molecule has 5 nitrogen and oxygen atoms in total. The molecule has 0 fully saturated rings. The quantitative estimate of drug-likeness (QED) is 0.431. The molecule has 32 heavy (non-hydrogen) atoms. The van der Waals surface area contributed by atoms with Crippen molar-refractivity contribution < 1.29 is 24.1 Å². The molecule has 1 aliphatic rings. The van der Waals surface area contributed by atoms with Crippen molar-refractivity contribution in [1.29, 1.82) is 0 Å². The highest BCUT2D eigenvalue weighted by molar-refractivity contribution is 9.10. The Kier molecular flexibility index (Phi) is 6.89. The zero-order valence-corrected chi connectivity index (χ0v) is 18.8. The molecule has 0 aromatic heterocycles. The summed E-state index contributed by atoms with van der Waals surface area (Å²) in [4.78, 5) is 12.2. The minimum atomic E-state index is -1.42. The van der Waals surface area contributed by atoms with Crippen LogP contribution in [0.1, 0.15) is 35.1 Å². The molecular formula is C25H23BrFNO4. The van der Waals surface area contributed by atoms with Gasteiger partial charge in [0.05, 0.1) is 6.10 Å². The molecule has 0 bridgehead atoms. The van der Waals surface area contributed by atoms with E-state index in [1.165, 1.54) is 12.1 Å². The molecule has 0 spiro atoms. The van der Waals surface area contributed by atoms with E-state index in [1.807, 2.05) is 36.4 Å². The number of benzene rings is 3. The molecule has 3 aromatic carbocycles. The first-order chi connectivity index (χ1) is 15.5. The number of carbonyl (C=O) groups excluding carboxylic acids is 1. The molecule has 2 unspecified atom stereocenters. The van der Waals surface area contributed by atoms with Crippen LogP contribution in [-0.4, -0.2) is 35.6 Å². The van der Waals surface area contributed by atoms with Crippen LogP contribution in [0.5, 0.6) is 0 Å². The van der Waals surface area contributed by atoms with Gasteiger partial charge in [0, 0.05) is 22.5 Å². The summed E-state index contributed by atoms with van der Waals surface area (Å²) >= 11 is 3.18. The van der Waals surface area contributed by atoms with Crippen molar-refractivity contribution >= 4 is 22.0 Å². The lowest BCUT2D eigenvalue weighted by atomic mass is 9.98. The van der Waals surface area contributed by atoms with Crippen molar-refractivity contribution in [3.05, 3.63) is 93.7 Å². The van der Waals surface area contributed by atoms with Crippen molar-refractivity contribution in [3.63, 3.8) is 0 Å². The molecule has 1 aliphatic carbocycles. The van der Waals surface area contributed by atoms with Gasteiger partial charge in [0.2, 0.25) is 0 Å². The van der Waals surface area contributed by atoms with Crippen LogP contribution in [-0.2, 0) is 4.74 Å². The van der Waals surface area contributed by atoms with Gasteiger partial charge in [0.1, 0.15) is 18.5 Å². The fourth-order valence-corrected chi connectivity index (χ4v) is 4.69. The molecule has 0 saturated heterocycles. The average molecular weight is 500 g/mol. The van der Waals surface area contributed by atoms with Crippen LogP contribution >= 0.6 is 15.9 Å². The predicted molar refractivity (Wildman–Crippen MR) is 123 cm³/mol. The number of fused-ring (bicyclic) bond motifs is 3. The first kappa shape index (κ1) is 22.5. The summed E-state index contributed by atoms with van der Waals surface area (Å²) < 4.78 is 19.8. The van der Waals surface area contributed by atoms with Gasteiger partial charge in [-0.05, 0) is 40.8 Å². The number of aliphatic hydroxyl groups is 2. The fraction of sp³-hybridized carbons (Fsp3) is 0.240. The van der Waals surface area contributed by atoms with Crippen molar-refractivity contribution in [2.24, 2.45) is 0 Å². The van der Waals surface area contributed by atoms with Gasteiger partial charge in [-0.2, -0.15) is 0 Å². The number of aliphatic hydroxyl groups excluding tert-OH is 2. The molecular weight excluding hydrogens is 477 g/mol. The van der Waals surface area contributed by atoms with Gasteiger partial charge in [-0.25, -0.2) is 9.18 Å². The monoisotopic (exact) mass is 499 g/mol. The lowest BCUT2D eigenvalue weighted by molar-refractivity contribution is 0.0112. The van der Waals surface area contributed by atoms with E-state index in [2.05, 4.69) is 33.4 Å². The molecule has 2 atom stereocenters. The zero-order valence-electron chi connectivity index (χ0n) is 17.2. The third-order valence-corrected chi connectivity index (χ3v) is 6.40. The summed E-state index contributed by atoms with van der Waals surface area (Å²) in [5.74, 6) is -0.658. The number of nitrogens with one attached hydrogen (secondary N) is 1. The highest BCUT2D eigenvalue weighted by Crippen LogP contribution is 2.44. The van der Waals surface area contributed by atoms with Crippen LogP contribution in [0.4, 0.5) is 9.18 Å². The molecule has 7 heteroatoms. The largest absolute Gasteiger partial charge is 0.449 e. The lowest BCUT2D eigenvalue weighted by Gasteiger charge is -2.20. The number of rotatable bonds is 7. The van der Waals surface area contributed by atoms with Crippen molar-refractivity contribution in [1.82, 2.24) is 5.32 Å². The van der Waals surface area contributed by atoms with Gasteiger partial charge in [0.15, 0.2) is 0 Å². The SMILES string of the molecule is O=C(NCCC(O)C(O)c1c(F)cccc1Br)OCC1c2ccccc2-c2ccccc21. The molecule has 0 saturated carbocycles. The maximum absolute atomic E-state index is 14.0. The second-order valence-electron chi connectivity index (χ2n) is 7.69. The van der Waals surface area contributed by atoms with E-state index < -0.39 is 24.1 Å². The maximum Gasteiger partial charge on any atom is 0.407 e. The summed E-state index contributed by atoms with van der Waals surface area (Å²) in [5.41, 5.74) is 4.52. The van der Waals surface area contributed by atoms with E-state index in [9.17, 15) is 19.4 Å². The number of hydrogen-bond donors (Lipinski definition) is 3. The smallest absolute Gasteiger partial charge is 0.407 e. The standard InChI is InChI=1S/C25H23BrFNO4/c26-20-10-5-11-21(27)23(20)24(30)22(29)12-13-28-25(31)32-14-19-17-8-3-1-6-15(17)16-7-2-4-9-18(16)19/h1-11,19,22,24,29-30H,12-14H2,(H,28,31). The Labute approximate surface area is 194 Å². The van der Waals surface area contributed by atoms with Crippen LogP contribution in [0.2, 0.25) is 0 Å². The summed E-state index contributed by atoms with van der Waals surface area (Å²) in [6, 6.07) is 20.4. The van der Waals surface area contributed by atoms with E-state index >= 15 is 0 Å². The Bertz CT molecular complexity index is 1060. The highest BCUT2D eigenvalue weighted by atomic mass is 79.9. The van der Waals surface area contributed by atoms with Gasteiger partial charge in [0.25, 0.3) is 0 Å². The first-order valence-corrected chi connectivity index (χ1v) is 11.2. The number of ether oxygens (including phenoxy) is 1. The number of alkyl carbamates (subject to hydrolysis) is 1. The highest BCUT2D eigenvalue weighted by Gasteiger charge is 2.29. The van der Waals surface area contributed by atoms with Crippen LogP contribution in [0.15, 0.2) is 71.2 Å². The van der Waals surface area contributed by atoms with Crippen LogP contribution in [0.25, 0.3) is 11.1 Å². The molecule has 3 N–H and O–H groups in total. The molecule has 1 amide bonds. The second kappa shape index (κ2) is 9.81. The normalized spacial score (nSPS) is 14.4. The van der Waals surface area contributed by atoms with E-state index in [1.54, 1.807) is 6.07 Å². The van der Waals surface area contributed by atoms with E-state index in [0.717, 1.165) is 22.3 Å². The minimum Gasteiger partial charge on any atom is -0.449 e. The fourth-order valence-electron chi connectivity index (χ4n) is 4.12. The number of hydrogen-bond acceptors (Lipinski definition) is 4. The van der Waals surface area contributed by atoms with Gasteiger partial charge in [-0.3, -0.25) is 0 Å². The van der Waals surface area contributed by atoms with Crippen LogP contribution in [0.3, 0.4) is 0 Å². The van der Waals surface area contributed by atoms with Crippen molar-refractivity contribution in [2.75, 3.05) is 13.2 Å². The van der Waals surface area contributed by atoms with Crippen molar-refractivity contribution in [3.8, 4) is 11.1 Å². The number of carbonyl (C=O) groups is 1. The maximum atomic E-state index is 14.0. The Morgan fingerprint density at radius 2 is 1.62 bits per heavy atom. The molecule has 166 valence electrons. The lowest BCUT2D eigenvalue weighted by Crippen LogP contribution is -2.31. The topological polar surface area (TPSA) is 78.8 Å². The zero-order chi connectivity index (χ0) is 22.7. The Hall–Kier alpha value is -2.74. The third kappa shape index (κ3) is 4.55. The van der Waals surface area contributed by atoms with Crippen molar-refractivity contribution in [2.45, 2.75) is 24.5 Å². The Balaban J connectivity index is 1.30. The summed E-state index contributed by atoms with van der Waals surface area (Å²) in [7, 11) is 0. The number of amides is 1. The molecule has 4 rings (SSSR count). The van der Waals surface area contributed by atoms with Gasteiger partial charge < -0.3 is 20.3 Å². The summed E-state index contributed by atoms with van der Waals surface area (Å²) in [6.07, 6.45) is -3.25. The number of halogens is 2. The second-order valence-corrected chi connectivity index (χ2v) is 8.54. The van der Waals surface area contributed by atoms with Crippen LogP contribution in [0, 0.1) is 5.82 Å². The minimum absolute atomic E-state index is 0.0128. The van der Waals surface area contributed by atoms with Gasteiger partial charge in [-0.1, -0.05) is 70.5 Å². The Morgan fingerprint density at radius 3 is 2.25 bits per heavy atom. The summed E-state index contributed by atoms with van der Waals surface area (Å²) in [5, 5.41) is 23.1. The molecule has 0 aliphatic heterocycles. The molecule has 3 aromatic rings. The molecule has 0 heterocycles. The Morgan fingerprint density at radius 1 is 1.00 bits per heavy atom. The predicted octanol–water partition coefficient (Wildman–Crippen LogP) is 4.91. The van der Waals surface area contributed by atoms with E-state index in [-0.39, 0.29) is 31.1 Å². The van der Waals surface area contributed by atoms with Gasteiger partial charge in [-0.15, -0.1) is 0 Å². The average Bonchev–Trinajstić information content (AvgIpc) is 3.11. The van der Waals surface area contributed by atoms with E-state index in [4.69, 9.17) is 4.74 Å². The van der Waals surface area contributed by atoms with Crippen LogP contribution < -0.4 is 5.32 Å². The van der Waals surface area contributed by atoms with E-state index in [0.29, 0.717) is 4.47 Å². The first-order valence-electron chi connectivity index (χ1n) is 10.4. The molecule has 0 radical (unpaired) electrons. The van der Waals surface area contributed by atoms with Gasteiger partial charge >= 0.3 is 6.09 Å².